The van der Waals surface area contributed by atoms with Crippen LogP contribution in [0.4, 0.5) is 22.1 Å². The standard InChI is InChI=1S/C19H21N5O8S/c1-10(21-16(25)12-5-13(23(27)28)7-14(6-12)24(29)30)11(2)33-17-20-8-15(32-17)22-18(26)31-9-19(22,3)4/h5-8,10-11H,9H2,1-4H3,(H,21,25)/t10-,11-/m1/s1. The smallest absolute Gasteiger partial charge is 0.417 e. The van der Waals surface area contributed by atoms with Crippen LogP contribution in [0.3, 0.4) is 0 Å². The summed E-state index contributed by atoms with van der Waals surface area (Å²) in [6.45, 7) is 7.36. The number of aromatic nitrogens is 1. The van der Waals surface area contributed by atoms with Crippen molar-refractivity contribution in [2.45, 2.75) is 49.7 Å². The molecule has 0 radical (unpaired) electrons. The third kappa shape index (κ3) is 5.22. The fraction of sp³-hybridized carbons (Fsp3) is 0.421. The molecule has 1 aromatic carbocycles. The molecule has 0 aliphatic carbocycles. The number of nitrogens with one attached hydrogen (secondary N) is 1. The normalized spacial score (nSPS) is 16.7. The molecule has 1 aliphatic rings. The Morgan fingerprint density at radius 1 is 1.21 bits per heavy atom. The Bertz CT molecular complexity index is 1090. The highest BCUT2D eigenvalue weighted by Gasteiger charge is 2.43. The first-order valence-electron chi connectivity index (χ1n) is 9.73. The van der Waals surface area contributed by atoms with E-state index in [-0.39, 0.29) is 28.5 Å². The number of non-ortho nitro benzene ring substituents is 2. The number of ether oxygens (including phenoxy) is 1. The molecule has 33 heavy (non-hydrogen) atoms. The zero-order valence-corrected chi connectivity index (χ0v) is 19.0. The molecule has 1 aromatic heterocycles. The number of amides is 2. The summed E-state index contributed by atoms with van der Waals surface area (Å²) in [6, 6.07) is 2.27. The Balaban J connectivity index is 1.68. The number of hydrogen-bond acceptors (Lipinski definition) is 10. The number of benzene rings is 1. The molecule has 176 valence electrons. The molecule has 1 fully saturated rings. The highest BCUT2D eigenvalue weighted by atomic mass is 32.2. The van der Waals surface area contributed by atoms with Gasteiger partial charge in [-0.3, -0.25) is 25.0 Å². The van der Waals surface area contributed by atoms with Crippen LogP contribution in [-0.2, 0) is 4.74 Å². The van der Waals surface area contributed by atoms with Crippen molar-refractivity contribution in [3.05, 3.63) is 50.2 Å². The molecule has 2 heterocycles. The number of carbonyl (C=O) groups is 2. The molecule has 0 bridgehead atoms. The maximum absolute atomic E-state index is 12.6. The van der Waals surface area contributed by atoms with Gasteiger partial charge in [-0.05, 0) is 20.8 Å². The largest absolute Gasteiger partial charge is 0.447 e. The van der Waals surface area contributed by atoms with Gasteiger partial charge < -0.3 is 14.5 Å². The first kappa shape index (κ1) is 24.0. The highest BCUT2D eigenvalue weighted by Crippen LogP contribution is 2.34. The number of anilines is 1. The molecule has 13 nitrogen and oxygen atoms in total. The summed E-state index contributed by atoms with van der Waals surface area (Å²) in [5, 5.41) is 24.7. The maximum Gasteiger partial charge on any atom is 0.417 e. The molecule has 14 heteroatoms. The number of nitro groups is 2. The number of thioether (sulfide) groups is 1. The van der Waals surface area contributed by atoms with Crippen molar-refractivity contribution in [1.29, 1.82) is 0 Å². The predicted molar refractivity (Wildman–Crippen MR) is 116 cm³/mol. The lowest BCUT2D eigenvalue weighted by molar-refractivity contribution is -0.394. The van der Waals surface area contributed by atoms with Crippen molar-refractivity contribution in [3.63, 3.8) is 0 Å². The monoisotopic (exact) mass is 479 g/mol. The van der Waals surface area contributed by atoms with Crippen LogP contribution in [-0.4, -0.2) is 50.3 Å². The lowest BCUT2D eigenvalue weighted by Crippen LogP contribution is -2.41. The Hall–Kier alpha value is -3.68. The van der Waals surface area contributed by atoms with E-state index in [0.717, 1.165) is 18.2 Å². The average molecular weight is 479 g/mol. The van der Waals surface area contributed by atoms with E-state index in [4.69, 9.17) is 9.15 Å². The Morgan fingerprint density at radius 3 is 2.33 bits per heavy atom. The van der Waals surface area contributed by atoms with Crippen molar-refractivity contribution in [3.8, 4) is 0 Å². The van der Waals surface area contributed by atoms with Crippen molar-refractivity contribution >= 4 is 41.0 Å². The van der Waals surface area contributed by atoms with Crippen LogP contribution < -0.4 is 10.2 Å². The minimum atomic E-state index is -0.802. The minimum absolute atomic E-state index is 0.201. The summed E-state index contributed by atoms with van der Waals surface area (Å²) in [7, 11) is 0. The Kier molecular flexibility index (Phi) is 6.58. The van der Waals surface area contributed by atoms with Gasteiger partial charge in [-0.1, -0.05) is 18.7 Å². The van der Waals surface area contributed by atoms with Crippen molar-refractivity contribution in [2.75, 3.05) is 11.5 Å². The number of nitrogens with zero attached hydrogens (tertiary/aromatic N) is 4. The van der Waals surface area contributed by atoms with E-state index in [0.29, 0.717) is 0 Å². The van der Waals surface area contributed by atoms with E-state index in [1.807, 2.05) is 13.8 Å². The van der Waals surface area contributed by atoms with Gasteiger partial charge in [-0.15, -0.1) is 0 Å². The lowest BCUT2D eigenvalue weighted by Gasteiger charge is -2.24. The van der Waals surface area contributed by atoms with Gasteiger partial charge in [-0.2, -0.15) is 0 Å². The molecule has 0 spiro atoms. The van der Waals surface area contributed by atoms with Gasteiger partial charge in [0, 0.05) is 23.4 Å². The minimum Gasteiger partial charge on any atom is -0.447 e. The lowest BCUT2D eigenvalue weighted by atomic mass is 10.1. The van der Waals surface area contributed by atoms with E-state index in [1.54, 1.807) is 13.8 Å². The van der Waals surface area contributed by atoms with Crippen LogP contribution in [0.5, 0.6) is 0 Å². The predicted octanol–water partition coefficient (Wildman–Crippen LogP) is 3.53. The van der Waals surface area contributed by atoms with Crippen LogP contribution in [0.25, 0.3) is 0 Å². The van der Waals surface area contributed by atoms with E-state index in [1.165, 1.54) is 22.9 Å². The van der Waals surface area contributed by atoms with Crippen LogP contribution in [0.2, 0.25) is 0 Å². The molecule has 2 aromatic rings. The number of rotatable bonds is 8. The van der Waals surface area contributed by atoms with Crippen molar-refractivity contribution in [1.82, 2.24) is 10.3 Å². The fourth-order valence-corrected chi connectivity index (χ4v) is 3.85. The van der Waals surface area contributed by atoms with E-state index < -0.39 is 44.8 Å². The number of hydrogen-bond donors (Lipinski definition) is 1. The molecular weight excluding hydrogens is 458 g/mol. The zero-order valence-electron chi connectivity index (χ0n) is 18.1. The fourth-order valence-electron chi connectivity index (χ4n) is 3.02. The van der Waals surface area contributed by atoms with Crippen LogP contribution in [0.15, 0.2) is 34.0 Å². The Morgan fingerprint density at radius 2 is 1.82 bits per heavy atom. The highest BCUT2D eigenvalue weighted by molar-refractivity contribution is 7.99. The van der Waals surface area contributed by atoms with E-state index in [2.05, 4.69) is 10.3 Å². The molecule has 0 unspecified atom stereocenters. The summed E-state index contributed by atoms with van der Waals surface area (Å²) in [5.74, 6) is -0.464. The summed E-state index contributed by atoms with van der Waals surface area (Å²) >= 11 is 1.20. The molecule has 2 amide bonds. The van der Waals surface area contributed by atoms with Gasteiger partial charge in [0.2, 0.25) is 5.88 Å². The van der Waals surface area contributed by atoms with E-state index in [9.17, 15) is 29.8 Å². The molecule has 2 atom stereocenters. The van der Waals surface area contributed by atoms with Crippen LogP contribution >= 0.6 is 11.8 Å². The average Bonchev–Trinajstić information content (AvgIpc) is 3.29. The second-order valence-corrected chi connectivity index (χ2v) is 9.33. The van der Waals surface area contributed by atoms with Crippen LogP contribution in [0.1, 0.15) is 38.1 Å². The van der Waals surface area contributed by atoms with Crippen molar-refractivity contribution in [2.24, 2.45) is 0 Å². The second kappa shape index (κ2) is 9.05. The summed E-state index contributed by atoms with van der Waals surface area (Å²) in [5.41, 5.74) is -1.90. The molecule has 3 rings (SSSR count). The number of oxazole rings is 1. The van der Waals surface area contributed by atoms with E-state index >= 15 is 0 Å². The van der Waals surface area contributed by atoms with Gasteiger partial charge in [0.1, 0.15) is 6.61 Å². The molecule has 1 aliphatic heterocycles. The first-order valence-corrected chi connectivity index (χ1v) is 10.6. The van der Waals surface area contributed by atoms with Crippen molar-refractivity contribution < 1.29 is 28.6 Å². The van der Waals surface area contributed by atoms with Gasteiger partial charge in [0.25, 0.3) is 22.5 Å². The first-order chi connectivity index (χ1) is 15.4. The zero-order chi connectivity index (χ0) is 24.5. The van der Waals surface area contributed by atoms with Gasteiger partial charge in [0.05, 0.1) is 33.2 Å². The SMILES string of the molecule is C[C@@H](NC(=O)c1cc([N+](=O)[O-])cc([N+](=O)[O-])c1)[C@@H](C)Sc1ncc(N2C(=O)OCC2(C)C)o1. The van der Waals surface area contributed by atoms with Crippen LogP contribution in [0, 0.1) is 20.2 Å². The topological polar surface area (TPSA) is 171 Å². The summed E-state index contributed by atoms with van der Waals surface area (Å²) in [4.78, 5) is 50.6. The Labute approximate surface area is 191 Å². The summed E-state index contributed by atoms with van der Waals surface area (Å²) < 4.78 is 10.7. The third-order valence-corrected chi connectivity index (χ3v) is 6.14. The second-order valence-electron chi connectivity index (χ2n) is 8.00. The van der Waals surface area contributed by atoms with Gasteiger partial charge >= 0.3 is 6.09 Å². The molecule has 1 saturated heterocycles. The third-order valence-electron chi connectivity index (χ3n) is 4.97. The maximum atomic E-state index is 12.6. The van der Waals surface area contributed by atoms with Gasteiger partial charge in [-0.25, -0.2) is 14.7 Å². The number of carbonyl (C=O) groups excluding carboxylic acids is 2. The van der Waals surface area contributed by atoms with Gasteiger partial charge in [0.15, 0.2) is 0 Å². The summed E-state index contributed by atoms with van der Waals surface area (Å²) in [6.07, 6.45) is 0.877. The quantitative estimate of drug-likeness (QED) is 0.335. The molecular formula is C19H21N5O8S. The molecule has 1 N–H and O–H groups in total. The molecule has 0 saturated carbocycles. The number of nitro benzene ring substituents is 2. The number of cyclic esters (lactones) is 1.